The molecule has 6 nitrogen and oxygen atoms in total. The molecule has 4 aliphatic rings. The van der Waals surface area contributed by atoms with Crippen LogP contribution in [-0.4, -0.2) is 38.6 Å². The van der Waals surface area contributed by atoms with Gasteiger partial charge in [-0.05, 0) is 98.6 Å². The van der Waals surface area contributed by atoms with Gasteiger partial charge < -0.3 is 10.4 Å². The van der Waals surface area contributed by atoms with Crippen LogP contribution in [-0.2, 0) is 0 Å². The van der Waals surface area contributed by atoms with E-state index in [1.165, 1.54) is 32.1 Å². The molecule has 1 unspecified atom stereocenters. The molecule has 6 rings (SSSR count). The number of hydrogen-bond donors (Lipinski definition) is 2. The Kier molecular flexibility index (Phi) is 5.56. The maximum Gasteiger partial charge on any atom is 0.335 e. The normalized spacial score (nSPS) is 28.8. The molecule has 4 saturated carbocycles. The van der Waals surface area contributed by atoms with Crippen LogP contribution in [0.5, 0.6) is 0 Å². The minimum Gasteiger partial charge on any atom is -0.478 e. The zero-order chi connectivity index (χ0) is 22.5. The molecule has 1 spiro atoms. The number of nitrogens with one attached hydrogen (secondary N) is 1. The molecule has 0 aliphatic heterocycles. The minimum absolute atomic E-state index is 0.0572. The second-order valence-corrected chi connectivity index (χ2v) is 11.1. The zero-order valence-corrected chi connectivity index (χ0v) is 19.5. The number of rotatable bonds is 8. The van der Waals surface area contributed by atoms with Crippen LogP contribution >= 0.6 is 11.8 Å². The molecule has 1 aromatic heterocycles. The predicted octanol–water partition coefficient (Wildman–Crippen LogP) is 5.02. The quantitative estimate of drug-likeness (QED) is 0.549. The third-order valence-electron chi connectivity index (χ3n) is 7.86. The monoisotopic (exact) mass is 453 g/mol. The molecule has 3 atom stereocenters. The summed E-state index contributed by atoms with van der Waals surface area (Å²) in [5.74, 6) is 2.24. The molecule has 2 N–H and O–H groups in total. The summed E-state index contributed by atoms with van der Waals surface area (Å²) in [4.78, 5) is 24.5. The summed E-state index contributed by atoms with van der Waals surface area (Å²) in [5, 5.41) is 17.8. The van der Waals surface area contributed by atoms with E-state index < -0.39 is 5.97 Å². The standard InChI is InChI=1S/C25H31N3O3S/c1-3-8-32-23-20(14-26-28(23)19-6-4-18(5-7-19)24(30)31)22(29)27-15(2)21-10-16-9-17-12-25(21,11-16)13-17/h4-7,14-17,21H,3,8-13H2,1-2H3,(H,27,29)(H,30,31)/t15?,16-,17?,21+,25?/m0/s1. The van der Waals surface area contributed by atoms with Crippen molar-refractivity contribution in [1.29, 1.82) is 0 Å². The Bertz CT molecular complexity index is 1030. The SMILES string of the molecule is CCCSc1c(C(=O)NC(C)[C@H]2C[C@@H]3CC4CC2(C4)C3)cnn1-c1ccc(C(=O)O)cc1. The van der Waals surface area contributed by atoms with Gasteiger partial charge in [0.05, 0.1) is 23.0 Å². The molecular weight excluding hydrogens is 422 g/mol. The second-order valence-electron chi connectivity index (χ2n) is 10.0. The van der Waals surface area contributed by atoms with Crippen molar-refractivity contribution in [2.24, 2.45) is 23.2 Å². The molecular formula is C25H31N3O3S. The largest absolute Gasteiger partial charge is 0.478 e. The molecule has 4 fully saturated rings. The highest BCUT2D eigenvalue weighted by Crippen LogP contribution is 2.68. The number of thioether (sulfide) groups is 1. The van der Waals surface area contributed by atoms with Crippen molar-refractivity contribution in [3.63, 3.8) is 0 Å². The number of aromatic nitrogens is 2. The van der Waals surface area contributed by atoms with E-state index in [1.807, 2.05) is 0 Å². The first-order valence-electron chi connectivity index (χ1n) is 11.8. The summed E-state index contributed by atoms with van der Waals surface area (Å²) in [6.45, 7) is 4.29. The van der Waals surface area contributed by atoms with Crippen LogP contribution in [0.25, 0.3) is 5.69 Å². The lowest BCUT2D eigenvalue weighted by atomic mass is 9.52. The molecule has 0 radical (unpaired) electrons. The van der Waals surface area contributed by atoms with E-state index in [0.29, 0.717) is 16.9 Å². The fraction of sp³-hybridized carbons (Fsp3) is 0.560. The molecule has 3 bridgehead atoms. The maximum absolute atomic E-state index is 13.3. The number of aromatic carboxylic acids is 1. The van der Waals surface area contributed by atoms with E-state index in [4.69, 9.17) is 5.11 Å². The number of hydrogen-bond acceptors (Lipinski definition) is 4. The summed E-state index contributed by atoms with van der Waals surface area (Å²) < 4.78 is 1.75. The van der Waals surface area contributed by atoms with Crippen molar-refractivity contribution in [3.05, 3.63) is 41.6 Å². The summed E-state index contributed by atoms with van der Waals surface area (Å²) in [6.07, 6.45) is 9.35. The lowest BCUT2D eigenvalue weighted by Crippen LogP contribution is -2.49. The first-order valence-corrected chi connectivity index (χ1v) is 12.7. The van der Waals surface area contributed by atoms with Gasteiger partial charge in [-0.15, -0.1) is 11.8 Å². The van der Waals surface area contributed by atoms with Crippen LogP contribution in [0, 0.1) is 23.2 Å². The average Bonchev–Trinajstić information content (AvgIpc) is 3.27. The number of benzene rings is 1. The van der Waals surface area contributed by atoms with Gasteiger partial charge in [-0.2, -0.15) is 5.10 Å². The Morgan fingerprint density at radius 2 is 1.94 bits per heavy atom. The lowest BCUT2D eigenvalue weighted by molar-refractivity contribution is -0.0292. The van der Waals surface area contributed by atoms with Crippen molar-refractivity contribution < 1.29 is 14.7 Å². The van der Waals surface area contributed by atoms with Crippen LogP contribution in [0.1, 0.15) is 73.1 Å². The van der Waals surface area contributed by atoms with Crippen LogP contribution in [0.2, 0.25) is 0 Å². The Balaban J connectivity index is 1.36. The molecule has 170 valence electrons. The van der Waals surface area contributed by atoms with Gasteiger partial charge in [-0.3, -0.25) is 4.79 Å². The number of carbonyl (C=O) groups excluding carboxylic acids is 1. The minimum atomic E-state index is -0.958. The van der Waals surface area contributed by atoms with E-state index >= 15 is 0 Å². The summed E-state index contributed by atoms with van der Waals surface area (Å²) in [5.41, 5.74) is 2.07. The highest BCUT2D eigenvalue weighted by molar-refractivity contribution is 7.99. The number of carboxylic acids is 1. The number of amides is 1. The molecule has 7 heteroatoms. The average molecular weight is 454 g/mol. The Labute approximate surface area is 193 Å². The van der Waals surface area contributed by atoms with Crippen molar-refractivity contribution >= 4 is 23.6 Å². The van der Waals surface area contributed by atoms with E-state index in [9.17, 15) is 9.59 Å². The fourth-order valence-corrected chi connectivity index (χ4v) is 7.65. The smallest absolute Gasteiger partial charge is 0.335 e. The highest BCUT2D eigenvalue weighted by atomic mass is 32.2. The molecule has 32 heavy (non-hydrogen) atoms. The van der Waals surface area contributed by atoms with Gasteiger partial charge in [0.25, 0.3) is 5.91 Å². The van der Waals surface area contributed by atoms with Crippen molar-refractivity contribution in [1.82, 2.24) is 15.1 Å². The van der Waals surface area contributed by atoms with Gasteiger partial charge in [0, 0.05) is 6.04 Å². The van der Waals surface area contributed by atoms with E-state index in [-0.39, 0.29) is 17.5 Å². The summed E-state index contributed by atoms with van der Waals surface area (Å²) in [7, 11) is 0. The maximum atomic E-state index is 13.3. The second kappa shape index (κ2) is 8.25. The van der Waals surface area contributed by atoms with Crippen molar-refractivity contribution in [2.45, 2.75) is 63.4 Å². The Morgan fingerprint density at radius 1 is 1.22 bits per heavy atom. The molecule has 1 heterocycles. The van der Waals surface area contributed by atoms with Crippen LogP contribution in [0.4, 0.5) is 0 Å². The van der Waals surface area contributed by atoms with Gasteiger partial charge >= 0.3 is 5.97 Å². The van der Waals surface area contributed by atoms with Gasteiger partial charge in [0.1, 0.15) is 5.03 Å². The number of carbonyl (C=O) groups is 2. The topological polar surface area (TPSA) is 84.2 Å². The van der Waals surface area contributed by atoms with E-state index in [1.54, 1.807) is 46.9 Å². The highest BCUT2D eigenvalue weighted by Gasteiger charge is 2.60. The zero-order valence-electron chi connectivity index (χ0n) is 18.7. The van der Waals surface area contributed by atoms with Gasteiger partial charge in [0.15, 0.2) is 0 Å². The third-order valence-corrected chi connectivity index (χ3v) is 9.14. The van der Waals surface area contributed by atoms with Gasteiger partial charge in [-0.25, -0.2) is 9.48 Å². The van der Waals surface area contributed by atoms with Gasteiger partial charge in [-0.1, -0.05) is 6.92 Å². The summed E-state index contributed by atoms with van der Waals surface area (Å²) >= 11 is 1.62. The van der Waals surface area contributed by atoms with Crippen LogP contribution in [0.3, 0.4) is 0 Å². The van der Waals surface area contributed by atoms with Crippen molar-refractivity contribution in [3.8, 4) is 5.69 Å². The Morgan fingerprint density at radius 3 is 2.59 bits per heavy atom. The van der Waals surface area contributed by atoms with Crippen molar-refractivity contribution in [2.75, 3.05) is 5.75 Å². The predicted molar refractivity (Wildman–Crippen MR) is 124 cm³/mol. The van der Waals surface area contributed by atoms with E-state index in [2.05, 4.69) is 24.3 Å². The van der Waals surface area contributed by atoms with Crippen LogP contribution < -0.4 is 5.32 Å². The summed E-state index contributed by atoms with van der Waals surface area (Å²) in [6, 6.07) is 6.77. The third kappa shape index (κ3) is 3.64. The number of nitrogens with zero attached hydrogens (tertiary/aromatic N) is 2. The first kappa shape index (κ1) is 21.6. The lowest BCUT2D eigenvalue weighted by Gasteiger charge is -2.53. The van der Waals surface area contributed by atoms with Gasteiger partial charge in [0.2, 0.25) is 0 Å². The molecule has 1 amide bonds. The Hall–Kier alpha value is -2.28. The first-order chi connectivity index (χ1) is 15.4. The molecule has 4 aliphatic carbocycles. The fourth-order valence-electron chi connectivity index (χ4n) is 6.68. The molecule has 1 aromatic carbocycles. The molecule has 2 aromatic rings. The van der Waals surface area contributed by atoms with Crippen LogP contribution in [0.15, 0.2) is 35.5 Å². The van der Waals surface area contributed by atoms with E-state index in [0.717, 1.165) is 34.7 Å². The number of carboxylic acid groups (broad SMARTS) is 1. The molecule has 0 saturated heterocycles.